The lowest BCUT2D eigenvalue weighted by Gasteiger charge is -2.53. The molecule has 13 unspecified atom stereocenters. The monoisotopic (exact) mass is 620 g/mol. The van der Waals surface area contributed by atoms with Crippen molar-refractivity contribution >= 4 is 11.6 Å². The molecule has 5 rings (SSSR count). The molecule has 4 fully saturated rings. The van der Waals surface area contributed by atoms with Crippen LogP contribution in [0.3, 0.4) is 0 Å². The lowest BCUT2D eigenvalue weighted by molar-refractivity contribution is -0.300. The summed E-state index contributed by atoms with van der Waals surface area (Å²) in [4.78, 5) is 26.7. The molecule has 0 aromatic heterocycles. The Morgan fingerprint density at radius 1 is 1.05 bits per heavy atom. The maximum Gasteiger partial charge on any atom is 0.186 e. The highest BCUT2D eigenvalue weighted by Gasteiger charge is 2.65. The maximum absolute atomic E-state index is 13.8. The predicted octanol–water partition coefficient (Wildman–Crippen LogP) is 3.32. The van der Waals surface area contributed by atoms with E-state index in [0.717, 1.165) is 24.8 Å². The molecule has 0 aromatic carbocycles. The molecule has 9 heteroatoms. The second kappa shape index (κ2) is 11.8. The Bertz CT molecular complexity index is 1140. The summed E-state index contributed by atoms with van der Waals surface area (Å²) >= 11 is 0. The van der Waals surface area contributed by atoms with Gasteiger partial charge in [-0.05, 0) is 91.4 Å². The second-order valence-corrected chi connectivity index (χ2v) is 16.7. The number of aliphatic hydroxyl groups is 5. The summed E-state index contributed by atoms with van der Waals surface area (Å²) in [5, 5.41) is 52.8. The summed E-state index contributed by atoms with van der Waals surface area (Å²) in [5.74, 6) is -0.00575. The SMILES string of the molecule is CC(CC(=O)CC(C)(C)O)C1C(=O)CC2(C)C3CCC4C(CCC(OC5OCC(O)C(O)C5O)C4(C)C)C(O)C3=CCC12C. The van der Waals surface area contributed by atoms with E-state index in [-0.39, 0.29) is 83.0 Å². The molecule has 0 radical (unpaired) electrons. The van der Waals surface area contributed by atoms with Crippen molar-refractivity contribution in [3.05, 3.63) is 11.6 Å². The number of Topliss-reactive ketones (excluding diaryl/α,β-unsaturated/α-hetero) is 2. The highest BCUT2D eigenvalue weighted by atomic mass is 16.7. The van der Waals surface area contributed by atoms with Gasteiger partial charge >= 0.3 is 0 Å². The molecule has 5 N–H and O–H groups in total. The Kier molecular flexibility index (Phi) is 9.15. The van der Waals surface area contributed by atoms with Crippen molar-refractivity contribution in [1.82, 2.24) is 0 Å². The molecule has 3 saturated carbocycles. The number of allylic oxidation sites excluding steroid dienone is 1. The standard InChI is InChI=1S/C35H56O9/c1-18(14-19(36)15-32(2,3)42)27-24(37)16-35(7)23-10-9-22-20(28(39)21(23)12-13-34(27,35)6)8-11-26(33(22,4)5)44-31-30(41)29(40)25(38)17-43-31/h12,18,20,22-23,25-31,38-42H,8-11,13-17H2,1-7H3. The number of ether oxygens (including phenoxy) is 2. The topological polar surface area (TPSA) is 154 Å². The highest BCUT2D eigenvalue weighted by molar-refractivity contribution is 5.87. The van der Waals surface area contributed by atoms with Crippen molar-refractivity contribution in [1.29, 1.82) is 0 Å². The molecule has 1 heterocycles. The average molecular weight is 621 g/mol. The number of fused-ring (bicyclic) bond motifs is 4. The summed E-state index contributed by atoms with van der Waals surface area (Å²) in [5.41, 5.74) is -1.07. The van der Waals surface area contributed by atoms with Crippen molar-refractivity contribution in [2.45, 2.75) is 142 Å². The smallest absolute Gasteiger partial charge is 0.186 e. The zero-order valence-electron chi connectivity index (χ0n) is 27.7. The summed E-state index contributed by atoms with van der Waals surface area (Å²) < 4.78 is 11.9. The van der Waals surface area contributed by atoms with E-state index in [0.29, 0.717) is 19.3 Å². The van der Waals surface area contributed by atoms with Crippen LogP contribution in [0.5, 0.6) is 0 Å². The molecule has 5 aliphatic rings. The van der Waals surface area contributed by atoms with Crippen molar-refractivity contribution in [2.24, 2.45) is 45.8 Å². The van der Waals surface area contributed by atoms with E-state index in [1.54, 1.807) is 13.8 Å². The average Bonchev–Trinajstić information content (AvgIpc) is 3.00. The van der Waals surface area contributed by atoms with Crippen molar-refractivity contribution in [3.63, 3.8) is 0 Å². The van der Waals surface area contributed by atoms with Gasteiger partial charge in [-0.1, -0.05) is 40.7 Å². The zero-order valence-corrected chi connectivity index (χ0v) is 27.7. The molecule has 0 spiro atoms. The third-order valence-corrected chi connectivity index (χ3v) is 12.9. The summed E-state index contributed by atoms with van der Waals surface area (Å²) in [6.07, 6.45) is 1.01. The Morgan fingerprint density at radius 3 is 2.39 bits per heavy atom. The Hall–Kier alpha value is -1.20. The zero-order chi connectivity index (χ0) is 32.6. The van der Waals surface area contributed by atoms with Crippen LogP contribution >= 0.6 is 0 Å². The highest BCUT2D eigenvalue weighted by Crippen LogP contribution is 2.68. The number of hydrogen-bond acceptors (Lipinski definition) is 9. The van der Waals surface area contributed by atoms with Gasteiger partial charge in [-0.25, -0.2) is 0 Å². The van der Waals surface area contributed by atoms with Gasteiger partial charge in [-0.15, -0.1) is 0 Å². The van der Waals surface area contributed by atoms with Gasteiger partial charge in [0.1, 0.15) is 29.9 Å². The van der Waals surface area contributed by atoms with E-state index in [4.69, 9.17) is 9.47 Å². The second-order valence-electron chi connectivity index (χ2n) is 16.7. The number of carbonyl (C=O) groups excluding carboxylic acids is 2. The quantitative estimate of drug-likeness (QED) is 0.270. The minimum atomic E-state index is -1.35. The number of aliphatic hydroxyl groups excluding tert-OH is 4. The van der Waals surface area contributed by atoms with Crippen LogP contribution in [0.1, 0.15) is 99.8 Å². The molecule has 44 heavy (non-hydrogen) atoms. The van der Waals surface area contributed by atoms with Gasteiger partial charge in [0.15, 0.2) is 6.29 Å². The van der Waals surface area contributed by atoms with E-state index < -0.39 is 36.3 Å². The van der Waals surface area contributed by atoms with Gasteiger partial charge < -0.3 is 35.0 Å². The summed E-state index contributed by atoms with van der Waals surface area (Å²) in [6.45, 7) is 13.9. The van der Waals surface area contributed by atoms with E-state index in [9.17, 15) is 35.1 Å². The van der Waals surface area contributed by atoms with Gasteiger partial charge in [0, 0.05) is 25.2 Å². The number of rotatable bonds is 7. The summed E-state index contributed by atoms with van der Waals surface area (Å²) in [6, 6.07) is 0. The first-order valence-electron chi connectivity index (χ1n) is 16.8. The number of ketones is 2. The van der Waals surface area contributed by atoms with E-state index in [2.05, 4.69) is 33.8 Å². The first kappa shape index (κ1) is 34.1. The molecular formula is C35H56O9. The Balaban J connectivity index is 1.36. The van der Waals surface area contributed by atoms with Gasteiger partial charge in [0.05, 0.1) is 24.4 Å². The van der Waals surface area contributed by atoms with Crippen LogP contribution in [0.15, 0.2) is 11.6 Å². The Morgan fingerprint density at radius 2 is 1.73 bits per heavy atom. The van der Waals surface area contributed by atoms with Gasteiger partial charge in [0.25, 0.3) is 0 Å². The lowest BCUT2D eigenvalue weighted by atomic mass is 9.50. The molecule has 0 amide bonds. The fourth-order valence-electron chi connectivity index (χ4n) is 10.5. The van der Waals surface area contributed by atoms with E-state index >= 15 is 0 Å². The molecule has 0 bridgehead atoms. The molecule has 1 saturated heterocycles. The number of hydrogen-bond donors (Lipinski definition) is 5. The molecule has 13 atom stereocenters. The van der Waals surface area contributed by atoms with Crippen LogP contribution in [-0.4, -0.2) is 86.1 Å². The maximum atomic E-state index is 13.8. The summed E-state index contributed by atoms with van der Waals surface area (Å²) in [7, 11) is 0. The fraction of sp³-hybridized carbons (Fsp3) is 0.886. The van der Waals surface area contributed by atoms with Crippen LogP contribution in [-0.2, 0) is 19.1 Å². The molecule has 0 aromatic rings. The van der Waals surface area contributed by atoms with E-state index in [1.807, 2.05) is 6.92 Å². The van der Waals surface area contributed by atoms with Crippen molar-refractivity contribution in [2.75, 3.05) is 6.61 Å². The first-order chi connectivity index (χ1) is 20.3. The molecule has 250 valence electrons. The van der Waals surface area contributed by atoms with Crippen LogP contribution in [0.4, 0.5) is 0 Å². The van der Waals surface area contributed by atoms with Crippen LogP contribution < -0.4 is 0 Å². The number of carbonyl (C=O) groups is 2. The van der Waals surface area contributed by atoms with Crippen molar-refractivity contribution < 1.29 is 44.6 Å². The molecule has 4 aliphatic carbocycles. The molecule has 9 nitrogen and oxygen atoms in total. The van der Waals surface area contributed by atoms with Gasteiger partial charge in [-0.3, -0.25) is 9.59 Å². The van der Waals surface area contributed by atoms with Gasteiger partial charge in [0.2, 0.25) is 0 Å². The fourth-order valence-corrected chi connectivity index (χ4v) is 10.5. The van der Waals surface area contributed by atoms with Crippen LogP contribution in [0.2, 0.25) is 0 Å². The molecular weight excluding hydrogens is 564 g/mol. The normalized spacial score (nSPS) is 46.3. The van der Waals surface area contributed by atoms with Crippen LogP contribution in [0.25, 0.3) is 0 Å². The largest absolute Gasteiger partial charge is 0.390 e. The Labute approximate surface area is 262 Å². The molecule has 1 aliphatic heterocycles. The van der Waals surface area contributed by atoms with Crippen molar-refractivity contribution in [3.8, 4) is 0 Å². The minimum absolute atomic E-state index is 0.0214. The lowest BCUT2D eigenvalue weighted by Crippen LogP contribution is -2.57. The third-order valence-electron chi connectivity index (χ3n) is 12.9. The first-order valence-corrected chi connectivity index (χ1v) is 16.8. The predicted molar refractivity (Wildman–Crippen MR) is 163 cm³/mol. The van der Waals surface area contributed by atoms with Crippen LogP contribution in [0, 0.1) is 45.8 Å². The third kappa shape index (κ3) is 5.67. The minimum Gasteiger partial charge on any atom is -0.390 e. The van der Waals surface area contributed by atoms with Gasteiger partial charge in [-0.2, -0.15) is 0 Å². The van der Waals surface area contributed by atoms with E-state index in [1.165, 1.54) is 0 Å².